The second-order valence-corrected chi connectivity index (χ2v) is 5.79. The summed E-state index contributed by atoms with van der Waals surface area (Å²) in [5.74, 6) is 0.987. The summed E-state index contributed by atoms with van der Waals surface area (Å²) in [6, 6.07) is 3.73. The van der Waals surface area contributed by atoms with Crippen molar-refractivity contribution in [3.8, 4) is 5.69 Å². The molecule has 0 fully saturated rings. The van der Waals surface area contributed by atoms with E-state index < -0.39 is 0 Å². The van der Waals surface area contributed by atoms with Gasteiger partial charge in [0.1, 0.15) is 11.9 Å². The number of aromatic nitrogens is 2. The van der Waals surface area contributed by atoms with Crippen molar-refractivity contribution >= 4 is 27.5 Å². The number of fused-ring (bicyclic) bond motifs is 1. The normalized spacial score (nSPS) is 16.9. The second kappa shape index (κ2) is 5.61. The average molecular weight is 349 g/mol. The summed E-state index contributed by atoms with van der Waals surface area (Å²) >= 11 is 3.62. The monoisotopic (exact) mass is 348 g/mol. The van der Waals surface area contributed by atoms with E-state index >= 15 is 0 Å². The zero-order valence-corrected chi connectivity index (χ0v) is 13.6. The van der Waals surface area contributed by atoms with Crippen LogP contribution in [0.5, 0.6) is 0 Å². The maximum Gasteiger partial charge on any atom is 0.246 e. The van der Waals surface area contributed by atoms with Gasteiger partial charge < -0.3 is 15.2 Å². The van der Waals surface area contributed by atoms with E-state index in [2.05, 4.69) is 38.5 Å². The van der Waals surface area contributed by atoms with Gasteiger partial charge in [-0.15, -0.1) is 0 Å². The molecule has 0 aliphatic carbocycles. The molecule has 0 spiro atoms. The van der Waals surface area contributed by atoms with Gasteiger partial charge in [0.15, 0.2) is 0 Å². The van der Waals surface area contributed by atoms with Crippen molar-refractivity contribution < 1.29 is 4.79 Å². The van der Waals surface area contributed by atoms with Gasteiger partial charge in [-0.3, -0.25) is 4.79 Å². The number of aryl methyl sites for hydroxylation is 1. The predicted molar refractivity (Wildman–Crippen MR) is 85.7 cm³/mol. The van der Waals surface area contributed by atoms with E-state index in [1.54, 1.807) is 6.20 Å². The Morgan fingerprint density at radius 3 is 2.95 bits per heavy atom. The van der Waals surface area contributed by atoms with Crippen LogP contribution in [-0.4, -0.2) is 22.0 Å². The third kappa shape index (κ3) is 2.38. The molecule has 0 saturated carbocycles. The van der Waals surface area contributed by atoms with Gasteiger partial charge in [-0.25, -0.2) is 4.98 Å². The van der Waals surface area contributed by atoms with Gasteiger partial charge >= 0.3 is 0 Å². The fourth-order valence-corrected chi connectivity index (χ4v) is 3.23. The molecule has 0 radical (unpaired) electrons. The molecule has 5 nitrogen and oxygen atoms in total. The molecule has 2 heterocycles. The number of hydrogen-bond donors (Lipinski definition) is 2. The smallest absolute Gasteiger partial charge is 0.246 e. The molecule has 110 valence electrons. The number of halogens is 1. The predicted octanol–water partition coefficient (Wildman–Crippen LogP) is 2.80. The van der Waals surface area contributed by atoms with Crippen LogP contribution in [0.25, 0.3) is 5.69 Å². The number of amides is 1. The van der Waals surface area contributed by atoms with Gasteiger partial charge in [0, 0.05) is 34.5 Å². The summed E-state index contributed by atoms with van der Waals surface area (Å²) < 4.78 is 2.99. The highest BCUT2D eigenvalue weighted by atomic mass is 79.9. The summed E-state index contributed by atoms with van der Waals surface area (Å²) in [5.41, 5.74) is 2.83. The number of benzene rings is 1. The number of rotatable bonds is 4. The van der Waals surface area contributed by atoms with E-state index in [-0.39, 0.29) is 11.9 Å². The lowest BCUT2D eigenvalue weighted by atomic mass is 10.1. The topological polar surface area (TPSA) is 59.0 Å². The zero-order valence-electron chi connectivity index (χ0n) is 12.0. The van der Waals surface area contributed by atoms with Crippen LogP contribution in [0.2, 0.25) is 0 Å². The van der Waals surface area contributed by atoms with Crippen LogP contribution >= 0.6 is 15.9 Å². The summed E-state index contributed by atoms with van der Waals surface area (Å²) in [5, 5.41) is 6.15. The van der Waals surface area contributed by atoms with Crippen molar-refractivity contribution in [3.05, 3.63) is 40.4 Å². The van der Waals surface area contributed by atoms with Crippen molar-refractivity contribution in [2.24, 2.45) is 0 Å². The molecule has 6 heteroatoms. The molecule has 3 rings (SSSR count). The minimum absolute atomic E-state index is 0.00255. The molecule has 1 atom stereocenters. The minimum Gasteiger partial charge on any atom is -0.324 e. The van der Waals surface area contributed by atoms with Crippen molar-refractivity contribution in [3.63, 3.8) is 0 Å². The molecule has 1 aromatic heterocycles. The maximum absolute atomic E-state index is 12.0. The Kier molecular flexibility index (Phi) is 3.82. The van der Waals surface area contributed by atoms with Gasteiger partial charge in [-0.1, -0.05) is 13.8 Å². The Morgan fingerprint density at radius 2 is 2.24 bits per heavy atom. The molecule has 0 bridgehead atoms. The van der Waals surface area contributed by atoms with Crippen LogP contribution in [-0.2, 0) is 11.2 Å². The fourth-order valence-electron chi connectivity index (χ4n) is 2.68. The maximum atomic E-state index is 12.0. The van der Waals surface area contributed by atoms with Gasteiger partial charge in [0.2, 0.25) is 5.91 Å². The Balaban J connectivity index is 2.08. The van der Waals surface area contributed by atoms with Crippen LogP contribution in [0.1, 0.15) is 31.3 Å². The van der Waals surface area contributed by atoms with Gasteiger partial charge in [0.05, 0.1) is 5.69 Å². The van der Waals surface area contributed by atoms with Crippen molar-refractivity contribution in [2.45, 2.75) is 26.3 Å². The minimum atomic E-state index is -0.274. The first kappa shape index (κ1) is 14.3. The van der Waals surface area contributed by atoms with E-state index in [1.807, 2.05) is 29.8 Å². The summed E-state index contributed by atoms with van der Waals surface area (Å²) in [4.78, 5) is 16.4. The van der Waals surface area contributed by atoms with Crippen molar-refractivity contribution in [2.75, 3.05) is 11.9 Å². The third-order valence-corrected chi connectivity index (χ3v) is 4.29. The van der Waals surface area contributed by atoms with E-state index in [1.165, 1.54) is 0 Å². The molecule has 1 unspecified atom stereocenters. The number of imidazole rings is 1. The second-order valence-electron chi connectivity index (χ2n) is 4.94. The quantitative estimate of drug-likeness (QED) is 0.893. The first-order chi connectivity index (χ1) is 10.2. The largest absolute Gasteiger partial charge is 0.324 e. The van der Waals surface area contributed by atoms with E-state index in [0.29, 0.717) is 0 Å². The Hall–Kier alpha value is -1.66. The van der Waals surface area contributed by atoms with Crippen molar-refractivity contribution in [1.29, 1.82) is 0 Å². The number of anilines is 1. The lowest BCUT2D eigenvalue weighted by Crippen LogP contribution is -2.27. The van der Waals surface area contributed by atoms with Gasteiger partial charge in [0.25, 0.3) is 0 Å². The SMILES string of the molecule is CCNC1C(=O)Nc2cc(-n3ccnc3CC)c(Br)cc21. The molecule has 0 saturated heterocycles. The first-order valence-corrected chi connectivity index (χ1v) is 7.85. The highest BCUT2D eigenvalue weighted by Crippen LogP contribution is 2.37. The van der Waals surface area contributed by atoms with E-state index in [9.17, 15) is 4.79 Å². The molecule has 1 aliphatic heterocycles. The Labute approximate surface area is 131 Å². The zero-order chi connectivity index (χ0) is 15.0. The molecule has 21 heavy (non-hydrogen) atoms. The van der Waals surface area contributed by atoms with Gasteiger partial charge in [-0.2, -0.15) is 0 Å². The summed E-state index contributed by atoms with van der Waals surface area (Å²) in [7, 11) is 0. The van der Waals surface area contributed by atoms with Crippen LogP contribution < -0.4 is 10.6 Å². The number of nitrogens with one attached hydrogen (secondary N) is 2. The standard InChI is InChI=1S/C15H17BrN4O/c1-3-13-18-5-6-20(13)12-8-11-9(7-10(12)16)14(17-4-2)15(21)19-11/h5-8,14,17H,3-4H2,1-2H3,(H,19,21). The van der Waals surface area contributed by atoms with Gasteiger partial charge in [-0.05, 0) is 34.6 Å². The summed E-state index contributed by atoms with van der Waals surface area (Å²) in [6.07, 6.45) is 4.57. The van der Waals surface area contributed by atoms with Crippen LogP contribution in [0.15, 0.2) is 29.0 Å². The highest BCUT2D eigenvalue weighted by molar-refractivity contribution is 9.10. The number of carbonyl (C=O) groups excluding carboxylic acids is 1. The van der Waals surface area contributed by atoms with Crippen LogP contribution in [0, 0.1) is 0 Å². The molecule has 1 amide bonds. The lowest BCUT2D eigenvalue weighted by molar-refractivity contribution is -0.117. The van der Waals surface area contributed by atoms with E-state index in [0.717, 1.165) is 40.2 Å². The highest BCUT2D eigenvalue weighted by Gasteiger charge is 2.30. The number of carbonyl (C=O) groups is 1. The molecule has 1 aromatic carbocycles. The van der Waals surface area contributed by atoms with Crippen molar-refractivity contribution in [1.82, 2.24) is 14.9 Å². The molecule has 1 aliphatic rings. The Bertz CT molecular complexity index is 695. The molecule has 2 aromatic rings. The van der Waals surface area contributed by atoms with E-state index in [4.69, 9.17) is 0 Å². The third-order valence-electron chi connectivity index (χ3n) is 3.65. The number of likely N-dealkylation sites (N-methyl/N-ethyl adjacent to an activating group) is 1. The molecular formula is C15H17BrN4O. The molecular weight excluding hydrogens is 332 g/mol. The van der Waals surface area contributed by atoms with Crippen LogP contribution in [0.4, 0.5) is 5.69 Å². The number of nitrogens with zero attached hydrogens (tertiary/aromatic N) is 2. The average Bonchev–Trinajstić information content (AvgIpc) is 3.04. The summed E-state index contributed by atoms with van der Waals surface area (Å²) in [6.45, 7) is 4.81. The first-order valence-electron chi connectivity index (χ1n) is 7.06. The Morgan fingerprint density at radius 1 is 1.43 bits per heavy atom. The van der Waals surface area contributed by atoms with Crippen LogP contribution in [0.3, 0.4) is 0 Å². The molecule has 2 N–H and O–H groups in total. The lowest BCUT2D eigenvalue weighted by Gasteiger charge is -2.13. The fraction of sp³-hybridized carbons (Fsp3) is 0.333. The number of hydrogen-bond acceptors (Lipinski definition) is 3.